The van der Waals surface area contributed by atoms with Crippen molar-refractivity contribution in [1.82, 2.24) is 5.32 Å². The van der Waals surface area contributed by atoms with Crippen LogP contribution in [0.4, 0.5) is 0 Å². The summed E-state index contributed by atoms with van der Waals surface area (Å²) in [5.41, 5.74) is 1.02. The number of hydrogen-bond donors (Lipinski definition) is 1. The van der Waals surface area contributed by atoms with Crippen LogP contribution in [0.3, 0.4) is 0 Å². The second-order valence-corrected chi connectivity index (χ2v) is 5.62. The average molecular weight is 335 g/mol. The van der Waals surface area contributed by atoms with Crippen LogP contribution in [0, 0.1) is 0 Å². The number of ether oxygens (including phenoxy) is 2. The van der Waals surface area contributed by atoms with Gasteiger partial charge in [-0.15, -0.1) is 0 Å². The lowest BCUT2D eigenvalue weighted by Gasteiger charge is -2.10. The van der Waals surface area contributed by atoms with Gasteiger partial charge in [0.1, 0.15) is 11.5 Å². The fraction of sp³-hybridized carbons (Fsp3) is 0.190. The molecule has 4 heteroatoms. The number of carbonyl (C=O) groups is 1. The zero-order chi connectivity index (χ0) is 17.5. The first-order valence-electron chi connectivity index (χ1n) is 8.35. The Morgan fingerprint density at radius 2 is 1.68 bits per heavy atom. The van der Waals surface area contributed by atoms with E-state index in [9.17, 15) is 4.79 Å². The molecule has 25 heavy (non-hydrogen) atoms. The van der Waals surface area contributed by atoms with Gasteiger partial charge in [-0.05, 0) is 36.1 Å². The Hall–Kier alpha value is -3.01. The fourth-order valence-electron chi connectivity index (χ4n) is 2.59. The number of nitrogens with one attached hydrogen (secondary N) is 1. The number of rotatable bonds is 7. The van der Waals surface area contributed by atoms with Crippen LogP contribution in [0.2, 0.25) is 0 Å². The Kier molecular flexibility index (Phi) is 5.52. The van der Waals surface area contributed by atoms with Crippen molar-refractivity contribution in [2.24, 2.45) is 0 Å². The minimum absolute atomic E-state index is 0.00889. The third kappa shape index (κ3) is 4.51. The fourth-order valence-corrected chi connectivity index (χ4v) is 2.59. The molecule has 0 aromatic heterocycles. The third-order valence-electron chi connectivity index (χ3n) is 3.83. The molecular formula is C21H21NO3. The second-order valence-electron chi connectivity index (χ2n) is 5.62. The summed E-state index contributed by atoms with van der Waals surface area (Å²) in [4.78, 5) is 12.0. The molecule has 0 radical (unpaired) electrons. The first-order valence-corrected chi connectivity index (χ1v) is 8.35. The molecule has 1 amide bonds. The number of fused-ring (bicyclic) bond motifs is 1. The molecule has 0 saturated carbocycles. The normalized spacial score (nSPS) is 10.4. The monoisotopic (exact) mass is 335 g/mol. The van der Waals surface area contributed by atoms with E-state index in [2.05, 4.69) is 5.32 Å². The van der Waals surface area contributed by atoms with Crippen molar-refractivity contribution < 1.29 is 14.3 Å². The lowest BCUT2D eigenvalue weighted by atomic mass is 10.1. The highest BCUT2D eigenvalue weighted by atomic mass is 16.5. The van der Waals surface area contributed by atoms with Gasteiger partial charge in [-0.3, -0.25) is 4.79 Å². The molecule has 128 valence electrons. The highest BCUT2D eigenvalue weighted by Crippen LogP contribution is 2.24. The molecule has 0 fully saturated rings. The van der Waals surface area contributed by atoms with E-state index in [1.807, 2.05) is 73.7 Å². The Labute approximate surface area is 147 Å². The Bertz CT molecular complexity index is 838. The molecule has 0 atom stereocenters. The van der Waals surface area contributed by atoms with E-state index >= 15 is 0 Å². The van der Waals surface area contributed by atoms with Gasteiger partial charge >= 0.3 is 0 Å². The van der Waals surface area contributed by atoms with Gasteiger partial charge in [0, 0.05) is 11.9 Å². The van der Waals surface area contributed by atoms with Crippen LogP contribution in [-0.2, 0) is 11.3 Å². The summed E-state index contributed by atoms with van der Waals surface area (Å²) in [5, 5.41) is 4.96. The zero-order valence-electron chi connectivity index (χ0n) is 14.2. The number of amides is 1. The number of benzene rings is 3. The first kappa shape index (κ1) is 16.8. The highest BCUT2D eigenvalue weighted by molar-refractivity contribution is 5.88. The predicted octanol–water partition coefficient (Wildman–Crippen LogP) is 3.93. The summed E-state index contributed by atoms with van der Waals surface area (Å²) in [6, 6.07) is 21.5. The molecule has 0 aliphatic carbocycles. The van der Waals surface area contributed by atoms with Crippen LogP contribution in [0.25, 0.3) is 10.8 Å². The summed E-state index contributed by atoms with van der Waals surface area (Å²) in [5.74, 6) is 1.40. The summed E-state index contributed by atoms with van der Waals surface area (Å²) >= 11 is 0. The Morgan fingerprint density at radius 3 is 2.48 bits per heavy atom. The molecule has 0 bridgehead atoms. The summed E-state index contributed by atoms with van der Waals surface area (Å²) in [7, 11) is 0. The first-order chi connectivity index (χ1) is 12.3. The zero-order valence-corrected chi connectivity index (χ0v) is 14.2. The second kappa shape index (κ2) is 8.20. The number of hydrogen-bond acceptors (Lipinski definition) is 3. The maximum absolute atomic E-state index is 12.0. The Morgan fingerprint density at radius 1 is 0.920 bits per heavy atom. The van der Waals surface area contributed by atoms with Crippen molar-refractivity contribution in [1.29, 1.82) is 0 Å². The van der Waals surface area contributed by atoms with E-state index in [-0.39, 0.29) is 12.5 Å². The van der Waals surface area contributed by atoms with E-state index in [1.165, 1.54) is 0 Å². The molecule has 1 N–H and O–H groups in total. The van der Waals surface area contributed by atoms with Crippen LogP contribution >= 0.6 is 0 Å². The Balaban J connectivity index is 1.52. The minimum Gasteiger partial charge on any atom is -0.494 e. The third-order valence-corrected chi connectivity index (χ3v) is 3.83. The van der Waals surface area contributed by atoms with Gasteiger partial charge in [0.05, 0.1) is 6.61 Å². The van der Waals surface area contributed by atoms with E-state index in [1.54, 1.807) is 0 Å². The molecule has 0 spiro atoms. The lowest BCUT2D eigenvalue weighted by Crippen LogP contribution is -2.28. The van der Waals surface area contributed by atoms with Gasteiger partial charge < -0.3 is 14.8 Å². The molecule has 0 aliphatic heterocycles. The van der Waals surface area contributed by atoms with Crippen LogP contribution in [-0.4, -0.2) is 19.1 Å². The summed E-state index contributed by atoms with van der Waals surface area (Å²) in [6.07, 6.45) is 0. The van der Waals surface area contributed by atoms with Crippen molar-refractivity contribution in [3.63, 3.8) is 0 Å². The van der Waals surface area contributed by atoms with Crippen LogP contribution in [0.5, 0.6) is 11.5 Å². The van der Waals surface area contributed by atoms with Crippen molar-refractivity contribution >= 4 is 16.7 Å². The lowest BCUT2D eigenvalue weighted by molar-refractivity contribution is -0.123. The van der Waals surface area contributed by atoms with Crippen molar-refractivity contribution in [3.05, 3.63) is 72.3 Å². The molecule has 4 nitrogen and oxygen atoms in total. The minimum atomic E-state index is -0.151. The van der Waals surface area contributed by atoms with E-state index in [4.69, 9.17) is 9.47 Å². The topological polar surface area (TPSA) is 47.6 Å². The van der Waals surface area contributed by atoms with Crippen molar-refractivity contribution in [2.45, 2.75) is 13.5 Å². The maximum Gasteiger partial charge on any atom is 0.258 e. The number of carbonyl (C=O) groups excluding carboxylic acids is 1. The molecule has 3 rings (SSSR count). The quantitative estimate of drug-likeness (QED) is 0.711. The molecule has 0 saturated heterocycles. The summed E-state index contributed by atoms with van der Waals surface area (Å²) < 4.78 is 11.1. The van der Waals surface area contributed by atoms with Crippen LogP contribution < -0.4 is 14.8 Å². The van der Waals surface area contributed by atoms with Gasteiger partial charge in [0.2, 0.25) is 0 Å². The molecule has 0 aliphatic rings. The maximum atomic E-state index is 12.0. The molecule has 3 aromatic rings. The molecule has 0 heterocycles. The van der Waals surface area contributed by atoms with Crippen LogP contribution in [0.1, 0.15) is 12.5 Å². The van der Waals surface area contributed by atoms with Gasteiger partial charge in [0.25, 0.3) is 5.91 Å². The van der Waals surface area contributed by atoms with Crippen molar-refractivity contribution in [3.8, 4) is 11.5 Å². The van der Waals surface area contributed by atoms with E-state index in [0.717, 1.165) is 22.1 Å². The highest BCUT2D eigenvalue weighted by Gasteiger charge is 2.06. The van der Waals surface area contributed by atoms with Gasteiger partial charge in [0.15, 0.2) is 6.61 Å². The van der Waals surface area contributed by atoms with E-state index < -0.39 is 0 Å². The van der Waals surface area contributed by atoms with Gasteiger partial charge in [-0.2, -0.15) is 0 Å². The standard InChI is InChI=1S/C21H21NO3/c1-2-24-18-12-10-16(11-13-18)14-22-21(23)15-25-20-9-5-7-17-6-3-4-8-19(17)20/h3-13H,2,14-15H2,1H3,(H,22,23). The largest absolute Gasteiger partial charge is 0.494 e. The van der Waals surface area contributed by atoms with Gasteiger partial charge in [-0.1, -0.05) is 48.5 Å². The van der Waals surface area contributed by atoms with Crippen LogP contribution in [0.15, 0.2) is 66.7 Å². The van der Waals surface area contributed by atoms with Crippen molar-refractivity contribution in [2.75, 3.05) is 13.2 Å². The molecule has 0 unspecified atom stereocenters. The predicted molar refractivity (Wildman–Crippen MR) is 98.9 cm³/mol. The summed E-state index contributed by atoms with van der Waals surface area (Å²) in [6.45, 7) is 3.04. The van der Waals surface area contributed by atoms with E-state index in [0.29, 0.717) is 18.9 Å². The molecule has 3 aromatic carbocycles. The SMILES string of the molecule is CCOc1ccc(CNC(=O)COc2cccc3ccccc23)cc1. The molecular weight excluding hydrogens is 314 g/mol. The van der Waals surface area contributed by atoms with Gasteiger partial charge in [-0.25, -0.2) is 0 Å². The average Bonchev–Trinajstić information content (AvgIpc) is 2.66. The smallest absolute Gasteiger partial charge is 0.258 e.